The van der Waals surface area contributed by atoms with Crippen molar-refractivity contribution in [2.45, 2.75) is 32.1 Å². The number of pyridine rings is 1. The van der Waals surface area contributed by atoms with Gasteiger partial charge in [-0.05, 0) is 61.2 Å². The maximum atomic E-state index is 13.1. The summed E-state index contributed by atoms with van der Waals surface area (Å²) in [5.41, 5.74) is 6.55. The fourth-order valence-corrected chi connectivity index (χ4v) is 5.03. The van der Waals surface area contributed by atoms with E-state index in [2.05, 4.69) is 65.3 Å². The first kappa shape index (κ1) is 23.0. The van der Waals surface area contributed by atoms with E-state index >= 15 is 0 Å². The van der Waals surface area contributed by atoms with E-state index in [-0.39, 0.29) is 11.9 Å². The van der Waals surface area contributed by atoms with Crippen molar-refractivity contribution in [1.29, 1.82) is 0 Å². The van der Waals surface area contributed by atoms with E-state index in [1.165, 1.54) is 11.1 Å². The molecule has 2 aromatic carbocycles. The SMILES string of the molecule is CCc1ccccc1-c1nc(C2CCCN(C(=O)Nc3ccc(N(C)C)cc3)C2)n2ccccc12. The predicted molar refractivity (Wildman–Crippen MR) is 143 cm³/mol. The number of aromatic nitrogens is 2. The topological polar surface area (TPSA) is 52.9 Å². The highest BCUT2D eigenvalue weighted by atomic mass is 16.2. The van der Waals surface area contributed by atoms with E-state index in [9.17, 15) is 4.79 Å². The summed E-state index contributed by atoms with van der Waals surface area (Å²) < 4.78 is 2.22. The number of hydrogen-bond donors (Lipinski definition) is 1. The van der Waals surface area contributed by atoms with Crippen molar-refractivity contribution in [1.82, 2.24) is 14.3 Å². The number of rotatable bonds is 5. The number of carbonyl (C=O) groups is 1. The molecule has 0 aliphatic carbocycles. The van der Waals surface area contributed by atoms with Crippen LogP contribution in [-0.2, 0) is 6.42 Å². The summed E-state index contributed by atoms with van der Waals surface area (Å²) in [4.78, 5) is 22.3. The van der Waals surface area contributed by atoms with E-state index in [1.54, 1.807) is 0 Å². The lowest BCUT2D eigenvalue weighted by Gasteiger charge is -2.32. The third-order valence-corrected chi connectivity index (χ3v) is 6.94. The number of aryl methyl sites for hydroxylation is 1. The lowest BCUT2D eigenvalue weighted by molar-refractivity contribution is 0.191. The van der Waals surface area contributed by atoms with Gasteiger partial charge in [0.05, 0.1) is 11.2 Å². The van der Waals surface area contributed by atoms with Crippen molar-refractivity contribution in [2.75, 3.05) is 37.4 Å². The Hall–Kier alpha value is -3.80. The number of nitrogens with zero attached hydrogens (tertiary/aromatic N) is 4. The number of fused-ring (bicyclic) bond motifs is 1. The van der Waals surface area contributed by atoms with Crippen LogP contribution in [0.4, 0.5) is 16.2 Å². The molecule has 1 N–H and O–H groups in total. The van der Waals surface area contributed by atoms with Gasteiger partial charge in [0.15, 0.2) is 0 Å². The molecule has 4 aromatic rings. The largest absolute Gasteiger partial charge is 0.378 e. The van der Waals surface area contributed by atoms with Crippen LogP contribution in [-0.4, -0.2) is 47.5 Å². The monoisotopic (exact) mass is 467 g/mol. The normalized spacial score (nSPS) is 15.9. The van der Waals surface area contributed by atoms with Gasteiger partial charge >= 0.3 is 6.03 Å². The molecule has 0 bridgehead atoms. The standard InChI is InChI=1S/C29H33N5O/c1-4-21-10-5-6-12-25(21)27-26-13-7-8-19-34(26)28(31-27)22-11-9-18-33(20-22)29(35)30-23-14-16-24(17-15-23)32(2)3/h5-8,10,12-17,19,22H,4,9,11,18,20H2,1-3H3,(H,30,35). The summed E-state index contributed by atoms with van der Waals surface area (Å²) in [6.45, 7) is 3.60. The molecule has 1 fully saturated rings. The molecule has 0 saturated carbocycles. The summed E-state index contributed by atoms with van der Waals surface area (Å²) in [5.74, 6) is 1.22. The minimum absolute atomic E-state index is 0.0512. The number of piperidine rings is 1. The number of urea groups is 1. The maximum Gasteiger partial charge on any atom is 0.321 e. The van der Waals surface area contributed by atoms with Gasteiger partial charge in [0.2, 0.25) is 0 Å². The molecule has 1 atom stereocenters. The lowest BCUT2D eigenvalue weighted by Crippen LogP contribution is -2.42. The molecule has 1 aliphatic rings. The average molecular weight is 468 g/mol. The van der Waals surface area contributed by atoms with Gasteiger partial charge < -0.3 is 19.5 Å². The van der Waals surface area contributed by atoms with Gasteiger partial charge in [-0.3, -0.25) is 0 Å². The first-order chi connectivity index (χ1) is 17.0. The number of nitrogens with one attached hydrogen (secondary N) is 1. The molecule has 1 unspecified atom stereocenters. The van der Waals surface area contributed by atoms with Gasteiger partial charge in [0.25, 0.3) is 0 Å². The number of amides is 2. The summed E-state index contributed by atoms with van der Waals surface area (Å²) in [6, 6.07) is 22.7. The van der Waals surface area contributed by atoms with Gasteiger partial charge in [-0.2, -0.15) is 0 Å². The minimum Gasteiger partial charge on any atom is -0.378 e. The van der Waals surface area contributed by atoms with Crippen LogP contribution >= 0.6 is 0 Å². The lowest BCUT2D eigenvalue weighted by atomic mass is 9.97. The molecule has 5 rings (SSSR count). The zero-order valence-electron chi connectivity index (χ0n) is 20.7. The number of hydrogen-bond acceptors (Lipinski definition) is 3. The summed E-state index contributed by atoms with van der Waals surface area (Å²) in [7, 11) is 4.01. The Labute approximate surface area is 207 Å². The van der Waals surface area contributed by atoms with Crippen LogP contribution in [0.25, 0.3) is 16.8 Å². The molecule has 0 spiro atoms. The Morgan fingerprint density at radius 3 is 2.60 bits per heavy atom. The van der Waals surface area contributed by atoms with Crippen LogP contribution in [0.5, 0.6) is 0 Å². The summed E-state index contributed by atoms with van der Waals surface area (Å²) in [6.07, 6.45) is 5.04. The molecule has 2 amide bonds. The quantitative estimate of drug-likeness (QED) is 0.389. The minimum atomic E-state index is -0.0512. The van der Waals surface area contributed by atoms with Crippen LogP contribution in [0.1, 0.15) is 37.1 Å². The van der Waals surface area contributed by atoms with Gasteiger partial charge in [-0.25, -0.2) is 9.78 Å². The van der Waals surface area contributed by atoms with Crippen molar-refractivity contribution in [2.24, 2.45) is 0 Å². The maximum absolute atomic E-state index is 13.1. The van der Waals surface area contributed by atoms with Crippen LogP contribution in [0.15, 0.2) is 72.9 Å². The van der Waals surface area contributed by atoms with Crippen LogP contribution in [0, 0.1) is 0 Å². The molecule has 6 heteroatoms. The second kappa shape index (κ2) is 9.82. The Bertz CT molecular complexity index is 1320. The fourth-order valence-electron chi connectivity index (χ4n) is 5.03. The Morgan fingerprint density at radius 1 is 1.06 bits per heavy atom. The average Bonchev–Trinajstić information content (AvgIpc) is 3.28. The smallest absolute Gasteiger partial charge is 0.321 e. The molecule has 0 radical (unpaired) electrons. The highest BCUT2D eigenvalue weighted by molar-refractivity contribution is 5.89. The van der Waals surface area contributed by atoms with E-state index in [1.807, 2.05) is 48.2 Å². The molecule has 180 valence electrons. The molecular weight excluding hydrogens is 434 g/mol. The van der Waals surface area contributed by atoms with Crippen molar-refractivity contribution >= 4 is 22.9 Å². The van der Waals surface area contributed by atoms with E-state index < -0.39 is 0 Å². The predicted octanol–water partition coefficient (Wildman–Crippen LogP) is 6.04. The van der Waals surface area contributed by atoms with Crippen molar-refractivity contribution in [3.05, 3.63) is 84.3 Å². The van der Waals surface area contributed by atoms with E-state index in [4.69, 9.17) is 4.98 Å². The molecular formula is C29H33N5O. The van der Waals surface area contributed by atoms with Gasteiger partial charge in [0, 0.05) is 56.2 Å². The number of benzene rings is 2. The van der Waals surface area contributed by atoms with Crippen molar-refractivity contribution in [3.8, 4) is 11.3 Å². The number of carbonyl (C=O) groups excluding carboxylic acids is 1. The summed E-state index contributed by atoms with van der Waals surface area (Å²) in [5, 5.41) is 3.07. The first-order valence-electron chi connectivity index (χ1n) is 12.4. The fraction of sp³-hybridized carbons (Fsp3) is 0.310. The Morgan fingerprint density at radius 2 is 1.83 bits per heavy atom. The molecule has 2 aromatic heterocycles. The number of likely N-dealkylation sites (tertiary alicyclic amines) is 1. The number of anilines is 2. The molecule has 6 nitrogen and oxygen atoms in total. The highest BCUT2D eigenvalue weighted by Gasteiger charge is 2.29. The Kier molecular flexibility index (Phi) is 6.45. The summed E-state index contributed by atoms with van der Waals surface area (Å²) >= 11 is 0. The third kappa shape index (κ3) is 4.61. The van der Waals surface area contributed by atoms with Gasteiger partial charge in [-0.1, -0.05) is 37.3 Å². The van der Waals surface area contributed by atoms with Crippen LogP contribution in [0.2, 0.25) is 0 Å². The zero-order chi connectivity index (χ0) is 24.4. The first-order valence-corrected chi connectivity index (χ1v) is 12.4. The molecule has 1 aliphatic heterocycles. The van der Waals surface area contributed by atoms with Gasteiger partial charge in [-0.15, -0.1) is 0 Å². The van der Waals surface area contributed by atoms with E-state index in [0.717, 1.165) is 54.2 Å². The molecule has 3 heterocycles. The van der Waals surface area contributed by atoms with Crippen LogP contribution < -0.4 is 10.2 Å². The van der Waals surface area contributed by atoms with Crippen LogP contribution in [0.3, 0.4) is 0 Å². The highest BCUT2D eigenvalue weighted by Crippen LogP contribution is 2.33. The third-order valence-electron chi connectivity index (χ3n) is 6.94. The number of imidazole rings is 1. The second-order valence-corrected chi connectivity index (χ2v) is 9.44. The van der Waals surface area contributed by atoms with Gasteiger partial charge in [0.1, 0.15) is 5.82 Å². The second-order valence-electron chi connectivity index (χ2n) is 9.44. The van der Waals surface area contributed by atoms with Crippen molar-refractivity contribution in [3.63, 3.8) is 0 Å². The molecule has 35 heavy (non-hydrogen) atoms. The van der Waals surface area contributed by atoms with E-state index in [0.29, 0.717) is 6.54 Å². The zero-order valence-corrected chi connectivity index (χ0v) is 20.7. The Balaban J connectivity index is 1.40. The van der Waals surface area contributed by atoms with Crippen molar-refractivity contribution < 1.29 is 4.79 Å². The molecule has 1 saturated heterocycles.